The van der Waals surface area contributed by atoms with Crippen molar-refractivity contribution in [2.45, 2.75) is 71.9 Å². The minimum Gasteiger partial charge on any atom is -0.464 e. The molecule has 5 aromatic carbocycles. The van der Waals surface area contributed by atoms with Gasteiger partial charge < -0.3 is 46.7 Å². The van der Waals surface area contributed by atoms with Gasteiger partial charge in [0.15, 0.2) is 23.6 Å². The van der Waals surface area contributed by atoms with Crippen molar-refractivity contribution in [2.24, 2.45) is 0 Å². The van der Waals surface area contributed by atoms with Crippen LogP contribution in [0.1, 0.15) is 95.9 Å². The van der Waals surface area contributed by atoms with Crippen molar-refractivity contribution in [1.82, 2.24) is 9.80 Å². The predicted octanol–water partition coefficient (Wildman–Crippen LogP) is 17.9. The van der Waals surface area contributed by atoms with E-state index >= 15 is 0 Å². The zero-order valence-corrected chi connectivity index (χ0v) is 58.4. The van der Waals surface area contributed by atoms with Crippen LogP contribution in [-0.2, 0) is 60.2 Å². The third-order valence-corrected chi connectivity index (χ3v) is 16.6. The molecule has 4 aromatic heterocycles. The smallest absolute Gasteiger partial charge is 0.464 e. The summed E-state index contributed by atoms with van der Waals surface area (Å²) in [6.45, 7) is 10.7. The first-order valence-electron chi connectivity index (χ1n) is 29.7. The molecule has 2 fully saturated rings. The zero-order chi connectivity index (χ0) is 72.3. The van der Waals surface area contributed by atoms with E-state index in [4.69, 9.17) is 71.1 Å². The fourth-order valence-corrected chi connectivity index (χ4v) is 11.0. The lowest BCUT2D eigenvalue weighted by molar-refractivity contribution is -0.150. The van der Waals surface area contributed by atoms with Crippen LogP contribution in [0.25, 0.3) is 28.7 Å². The van der Waals surface area contributed by atoms with E-state index in [-0.39, 0.29) is 29.5 Å². The number of ether oxygens (including phenoxy) is 4. The van der Waals surface area contributed by atoms with Crippen molar-refractivity contribution in [3.63, 3.8) is 0 Å². The van der Waals surface area contributed by atoms with E-state index in [1.807, 2.05) is 123 Å². The standard InChI is InChI=1S/C22H14F3NO2S2.C12H7F3O2.C10H9NOS2.C9H15BO5.C9H14O3.C7H4F3I/c23-22(24,25)16-8-6-15(7-9-16)18-11-10-17(28-18)12-19-20(27)26(21(29)30-19)13-14-4-2-1-3-5-14;13-12(14,15)9-3-1-8(2-4-9)11-6-5-10(7-16)17-11;12-9-7-14-10(13)11(9)6-8-4-2-1-3-5-8;1-3-13-9(14-4-2)7-5-6-8(15-7)10(11)12;1-3-10-9(11-4-2)8-6-5-7-12-8;8-7(9,10)5-1-3-6(11)4-2-5/h1-12H,13H2;1-7H;1-5H,6-7H2;5-6,9,11-12H,3-4H2,1-2H3;5-7,9H,3-4H2,1-2H3;1-4H/b19-12-;;;;;. The molecule has 0 radical (unpaired) electrons. The highest BCUT2D eigenvalue weighted by molar-refractivity contribution is 14.1. The summed E-state index contributed by atoms with van der Waals surface area (Å²) in [5.74, 6) is 2.89. The lowest BCUT2D eigenvalue weighted by Gasteiger charge is -2.14. The molecule has 2 saturated heterocycles. The fourth-order valence-electron chi connectivity index (χ4n) is 8.36. The van der Waals surface area contributed by atoms with Gasteiger partial charge >= 0.3 is 25.6 Å². The largest absolute Gasteiger partial charge is 0.526 e. The van der Waals surface area contributed by atoms with Crippen LogP contribution in [0.3, 0.4) is 0 Å². The first kappa shape index (κ1) is 80.4. The molecule has 6 heterocycles. The van der Waals surface area contributed by atoms with Gasteiger partial charge in [0.25, 0.3) is 5.91 Å². The van der Waals surface area contributed by atoms with Gasteiger partial charge in [0.2, 0.25) is 18.5 Å². The summed E-state index contributed by atoms with van der Waals surface area (Å²) in [6.07, 6.45) is -10.2. The van der Waals surface area contributed by atoms with Crippen LogP contribution in [0.5, 0.6) is 0 Å². The molecule has 0 bridgehead atoms. The minimum atomic E-state index is -4.39. The van der Waals surface area contributed by atoms with Gasteiger partial charge in [0.05, 0.1) is 46.7 Å². The second kappa shape index (κ2) is 39.4. The summed E-state index contributed by atoms with van der Waals surface area (Å²) < 4.78 is 155. The van der Waals surface area contributed by atoms with E-state index in [1.165, 1.54) is 83.0 Å². The number of amides is 2. The molecule has 524 valence electrons. The molecule has 0 aliphatic carbocycles. The minimum absolute atomic E-state index is 0.0782. The number of thioether (sulfide) groups is 2. The van der Waals surface area contributed by atoms with Crippen LogP contribution < -0.4 is 5.66 Å². The van der Waals surface area contributed by atoms with Crippen LogP contribution >= 0.6 is 70.6 Å². The Kier molecular flexibility index (Phi) is 32.0. The maximum atomic E-state index is 12.7. The zero-order valence-electron chi connectivity index (χ0n) is 52.9. The highest BCUT2D eigenvalue weighted by Gasteiger charge is 2.34. The quantitative estimate of drug-likeness (QED) is 0.0148. The van der Waals surface area contributed by atoms with Crippen molar-refractivity contribution in [2.75, 3.05) is 32.2 Å². The highest BCUT2D eigenvalue weighted by Crippen LogP contribution is 2.37. The number of alkyl halides is 9. The average Bonchev–Trinajstić information content (AvgIpc) is 1.73. The molecule has 2 aliphatic rings. The van der Waals surface area contributed by atoms with Gasteiger partial charge in [0, 0.05) is 47.2 Å². The number of rotatable bonds is 19. The van der Waals surface area contributed by atoms with Crippen molar-refractivity contribution < 1.29 is 101 Å². The number of thiocarbonyl (C=S) groups is 2. The molecule has 99 heavy (non-hydrogen) atoms. The van der Waals surface area contributed by atoms with Crippen LogP contribution in [0.15, 0.2) is 211 Å². The summed E-state index contributed by atoms with van der Waals surface area (Å²) in [6, 6.07) is 46.7. The van der Waals surface area contributed by atoms with E-state index in [0.29, 0.717) is 99.3 Å². The Balaban J connectivity index is 0.000000195. The Hall–Kier alpha value is -7.63. The number of furan rings is 4. The highest BCUT2D eigenvalue weighted by atomic mass is 127. The Bertz CT molecular complexity index is 3960. The number of aldehydes is 1. The topological polar surface area (TPSA) is 188 Å². The molecule has 2 aliphatic heterocycles. The number of carbonyl (C=O) groups excluding carboxylic acids is 3. The summed E-state index contributed by atoms with van der Waals surface area (Å²) in [5, 5.41) is 17.7. The number of halogens is 10. The molecule has 30 heteroatoms. The normalized spacial score (nSPS) is 13.4. The molecular weight excluding hydrogens is 1500 g/mol. The van der Waals surface area contributed by atoms with E-state index in [1.54, 1.807) is 35.4 Å². The monoisotopic (exact) mass is 1560 g/mol. The summed E-state index contributed by atoms with van der Waals surface area (Å²) in [5.41, 5.74) is 1.13. The van der Waals surface area contributed by atoms with Gasteiger partial charge in [-0.2, -0.15) is 39.5 Å². The lowest BCUT2D eigenvalue weighted by atomic mass is 9.88. The van der Waals surface area contributed by atoms with Crippen LogP contribution in [0.4, 0.5) is 39.5 Å². The maximum absolute atomic E-state index is 12.7. The third kappa shape index (κ3) is 25.8. The number of hydrogen-bond acceptors (Lipinski definition) is 17. The van der Waals surface area contributed by atoms with Gasteiger partial charge in [-0.1, -0.05) is 133 Å². The Morgan fingerprint density at radius 1 is 0.545 bits per heavy atom. The second-order valence-electron chi connectivity index (χ2n) is 20.1. The van der Waals surface area contributed by atoms with E-state index in [2.05, 4.69) is 0 Å². The summed E-state index contributed by atoms with van der Waals surface area (Å²) in [7, 11) is -1.61. The van der Waals surface area contributed by atoms with Gasteiger partial charge in [-0.15, -0.1) is 0 Å². The number of benzene rings is 5. The molecule has 0 unspecified atom stereocenters. The molecule has 0 spiro atoms. The Morgan fingerprint density at radius 3 is 1.38 bits per heavy atom. The fraction of sp³-hybridized carbons (Fsp3) is 0.232. The first-order chi connectivity index (χ1) is 47.1. The van der Waals surface area contributed by atoms with Gasteiger partial charge in [-0.05, 0) is 158 Å². The van der Waals surface area contributed by atoms with Crippen LogP contribution in [-0.4, -0.2) is 85.9 Å². The van der Waals surface area contributed by atoms with Crippen molar-refractivity contribution in [3.05, 3.63) is 248 Å². The Morgan fingerprint density at radius 2 is 0.990 bits per heavy atom. The van der Waals surface area contributed by atoms with Crippen molar-refractivity contribution in [1.29, 1.82) is 0 Å². The number of nitrogens with zero attached hydrogens (tertiary/aromatic N) is 2. The van der Waals surface area contributed by atoms with E-state index in [0.717, 1.165) is 56.9 Å². The second-order valence-corrected chi connectivity index (χ2v) is 24.6. The van der Waals surface area contributed by atoms with Crippen LogP contribution in [0.2, 0.25) is 0 Å². The number of carbonyl (C=O) groups is 3. The molecule has 2 amide bonds. The predicted molar refractivity (Wildman–Crippen MR) is 374 cm³/mol. The van der Waals surface area contributed by atoms with Gasteiger partial charge in [-0.3, -0.25) is 24.2 Å². The average molecular weight is 1570 g/mol. The third-order valence-electron chi connectivity index (χ3n) is 13.1. The van der Waals surface area contributed by atoms with Gasteiger partial charge in [-0.25, -0.2) is 0 Å². The molecule has 9 aromatic rings. The molecule has 0 saturated carbocycles. The molecular formula is C69H63BF9IN2O13S4. The van der Waals surface area contributed by atoms with Crippen molar-refractivity contribution in [3.8, 4) is 22.6 Å². The van der Waals surface area contributed by atoms with E-state index < -0.39 is 48.6 Å². The molecule has 0 atom stereocenters. The van der Waals surface area contributed by atoms with Crippen molar-refractivity contribution >= 4 is 116 Å². The molecule has 11 rings (SSSR count). The lowest BCUT2D eigenvalue weighted by Crippen LogP contribution is -2.28. The van der Waals surface area contributed by atoms with E-state index in [9.17, 15) is 53.9 Å². The van der Waals surface area contributed by atoms with Gasteiger partial charge in [0.1, 0.15) is 31.6 Å². The molecule has 2 N–H and O–H groups in total. The SMILES string of the molecule is CCOC(OCC)c1ccc(B(O)O)o1.CCOC(OCC)c1ccco1.FC(F)(F)c1ccc(I)cc1.O=C1/C(=C/c2ccc(-c3ccc(C(F)(F)F)cc3)o2)SC(=S)N1Cc1ccccc1.O=C1CSC(=S)N1Cc1ccccc1.O=Cc1ccc(-c2ccc(C(F)(F)F)cc2)o1. The first-order valence-corrected chi connectivity index (χ1v) is 33.4. The summed E-state index contributed by atoms with van der Waals surface area (Å²) in [4.78, 5) is 38.2. The van der Waals surface area contributed by atoms with Crippen LogP contribution in [0, 0.1) is 3.57 Å². The summed E-state index contributed by atoms with van der Waals surface area (Å²) >= 11 is 15.0. The maximum Gasteiger partial charge on any atom is 0.526 e. The number of hydrogen-bond donors (Lipinski definition) is 2. The Labute approximate surface area is 596 Å². The molecule has 15 nitrogen and oxygen atoms in total.